The number of benzene rings is 1. The van der Waals surface area contributed by atoms with Crippen LogP contribution in [-0.4, -0.2) is 6.02 Å². The molecule has 3 N–H and O–H groups in total. The summed E-state index contributed by atoms with van der Waals surface area (Å²) < 4.78 is 0. The molecule has 5 nitrogen and oxygen atoms in total. The number of hydrazine groups is 1. The van der Waals surface area contributed by atoms with Crippen molar-refractivity contribution in [2.75, 3.05) is 5.12 Å². The molecule has 0 bridgehead atoms. The van der Waals surface area contributed by atoms with E-state index >= 15 is 0 Å². The van der Waals surface area contributed by atoms with Crippen LogP contribution < -0.4 is 16.4 Å². The van der Waals surface area contributed by atoms with Crippen LogP contribution in [0.4, 0.5) is 5.69 Å². The average Bonchev–Trinajstić information content (AvgIpc) is 2.53. The van der Waals surface area contributed by atoms with Gasteiger partial charge in [0, 0.05) is 0 Å². The van der Waals surface area contributed by atoms with Crippen molar-refractivity contribution in [1.82, 2.24) is 5.59 Å². The Labute approximate surface area is 75.7 Å². The van der Waals surface area contributed by atoms with Crippen LogP contribution in [0.2, 0.25) is 0 Å². The van der Waals surface area contributed by atoms with Gasteiger partial charge in [0.25, 0.3) is 0 Å². The predicted octanol–water partition coefficient (Wildman–Crippen LogP) is 0.481. The summed E-state index contributed by atoms with van der Waals surface area (Å²) in [6, 6.07) is 7.91. The third-order valence-corrected chi connectivity index (χ3v) is 1.78. The second-order valence-electron chi connectivity index (χ2n) is 2.73. The average molecular weight is 178 g/mol. The maximum Gasteiger partial charge on any atom is 0.327 e. The molecule has 2 rings (SSSR count). The molecule has 0 amide bonds. The minimum Gasteiger partial charge on any atom is -0.351 e. The summed E-state index contributed by atoms with van der Waals surface area (Å²) >= 11 is 0. The van der Waals surface area contributed by atoms with Gasteiger partial charge in [-0.25, -0.2) is 0 Å². The van der Waals surface area contributed by atoms with E-state index < -0.39 is 0 Å². The Morgan fingerprint density at radius 3 is 2.85 bits per heavy atom. The molecule has 0 unspecified atom stereocenters. The summed E-state index contributed by atoms with van der Waals surface area (Å²) in [6.45, 7) is 1.99. The SMILES string of the molecule is Cc1ccccc1N1N=C(N)ON1. The molecule has 68 valence electrons. The molecule has 0 radical (unpaired) electrons. The largest absolute Gasteiger partial charge is 0.351 e. The molecular weight excluding hydrogens is 168 g/mol. The Morgan fingerprint density at radius 2 is 2.23 bits per heavy atom. The van der Waals surface area contributed by atoms with Crippen molar-refractivity contribution in [3.05, 3.63) is 29.8 Å². The van der Waals surface area contributed by atoms with Crippen molar-refractivity contribution in [2.24, 2.45) is 10.8 Å². The summed E-state index contributed by atoms with van der Waals surface area (Å²) in [4.78, 5) is 4.78. The topological polar surface area (TPSA) is 62.9 Å². The van der Waals surface area contributed by atoms with E-state index in [1.165, 1.54) is 5.12 Å². The van der Waals surface area contributed by atoms with Gasteiger partial charge in [-0.1, -0.05) is 23.3 Å². The van der Waals surface area contributed by atoms with E-state index in [4.69, 9.17) is 10.6 Å². The molecule has 1 aromatic carbocycles. The summed E-state index contributed by atoms with van der Waals surface area (Å²) in [5.74, 6) is 0. The lowest BCUT2D eigenvalue weighted by atomic mass is 10.2. The van der Waals surface area contributed by atoms with Gasteiger partial charge in [0.15, 0.2) is 0 Å². The van der Waals surface area contributed by atoms with Crippen LogP contribution >= 0.6 is 0 Å². The molecule has 1 aliphatic rings. The van der Waals surface area contributed by atoms with Gasteiger partial charge in [0.1, 0.15) is 0 Å². The highest BCUT2D eigenvalue weighted by Crippen LogP contribution is 2.19. The zero-order chi connectivity index (χ0) is 9.26. The molecule has 0 aliphatic carbocycles. The first kappa shape index (κ1) is 7.88. The highest BCUT2D eigenvalue weighted by Gasteiger charge is 2.15. The number of para-hydroxylation sites is 1. The van der Waals surface area contributed by atoms with E-state index in [2.05, 4.69) is 10.7 Å². The van der Waals surface area contributed by atoms with E-state index in [1.54, 1.807) is 0 Å². The highest BCUT2D eigenvalue weighted by molar-refractivity contribution is 5.74. The second kappa shape index (κ2) is 2.95. The van der Waals surface area contributed by atoms with Crippen molar-refractivity contribution in [1.29, 1.82) is 0 Å². The third-order valence-electron chi connectivity index (χ3n) is 1.78. The first-order valence-electron chi connectivity index (χ1n) is 3.90. The van der Waals surface area contributed by atoms with Crippen molar-refractivity contribution in [2.45, 2.75) is 6.92 Å². The number of hydrazone groups is 1. The molecule has 0 aromatic heterocycles. The Bertz CT molecular complexity index is 350. The highest BCUT2D eigenvalue weighted by atomic mass is 16.7. The lowest BCUT2D eigenvalue weighted by Gasteiger charge is -2.12. The fourth-order valence-corrected chi connectivity index (χ4v) is 1.13. The van der Waals surface area contributed by atoms with Gasteiger partial charge in [0.05, 0.1) is 5.69 Å². The molecule has 0 saturated heterocycles. The Kier molecular flexibility index (Phi) is 1.79. The van der Waals surface area contributed by atoms with Crippen molar-refractivity contribution in [3.8, 4) is 0 Å². The molecule has 1 heterocycles. The number of hydrogen-bond acceptors (Lipinski definition) is 5. The molecule has 0 atom stereocenters. The van der Waals surface area contributed by atoms with E-state index in [1.807, 2.05) is 31.2 Å². The maximum absolute atomic E-state index is 5.34. The first-order valence-corrected chi connectivity index (χ1v) is 3.90. The lowest BCUT2D eigenvalue weighted by molar-refractivity contribution is 0.199. The smallest absolute Gasteiger partial charge is 0.327 e. The number of anilines is 1. The van der Waals surface area contributed by atoms with E-state index in [0.717, 1.165) is 11.3 Å². The molecular formula is C8H10N4O. The molecule has 5 heteroatoms. The Morgan fingerprint density at radius 1 is 1.46 bits per heavy atom. The molecule has 1 aliphatic heterocycles. The van der Waals surface area contributed by atoms with Crippen molar-refractivity contribution < 1.29 is 4.84 Å². The number of amidine groups is 1. The Balaban J connectivity index is 2.31. The van der Waals surface area contributed by atoms with Gasteiger partial charge in [-0.15, -0.1) is 0 Å². The third kappa shape index (κ3) is 1.41. The number of nitrogens with two attached hydrogens (primary N) is 1. The molecule has 13 heavy (non-hydrogen) atoms. The first-order chi connectivity index (χ1) is 6.27. The molecule has 1 aromatic rings. The number of nitrogens with zero attached hydrogens (tertiary/aromatic N) is 2. The van der Waals surface area contributed by atoms with Crippen LogP contribution in [0, 0.1) is 6.92 Å². The summed E-state index contributed by atoms with van der Waals surface area (Å²) in [5.41, 5.74) is 9.92. The number of hydrogen-bond donors (Lipinski definition) is 2. The van der Waals surface area contributed by atoms with Gasteiger partial charge >= 0.3 is 6.02 Å². The van der Waals surface area contributed by atoms with Gasteiger partial charge < -0.3 is 10.6 Å². The standard InChI is InChI=1S/C8H10N4O/c1-6-4-2-3-5-7(6)12-10-8(9)13-11-12/h2-5,11H,1H3,(H2,9,10). The van der Waals surface area contributed by atoms with Crippen LogP contribution in [0.15, 0.2) is 29.4 Å². The fraction of sp³-hybridized carbons (Fsp3) is 0.125. The monoisotopic (exact) mass is 178 g/mol. The van der Waals surface area contributed by atoms with Crippen LogP contribution in [0.1, 0.15) is 5.56 Å². The van der Waals surface area contributed by atoms with Gasteiger partial charge in [0.2, 0.25) is 0 Å². The van der Waals surface area contributed by atoms with E-state index in [0.29, 0.717) is 0 Å². The quantitative estimate of drug-likeness (QED) is 0.656. The Hall–Kier alpha value is -1.75. The van der Waals surface area contributed by atoms with Crippen LogP contribution in [0.5, 0.6) is 0 Å². The minimum absolute atomic E-state index is 0.114. The van der Waals surface area contributed by atoms with Gasteiger partial charge in [-0.2, -0.15) is 5.12 Å². The predicted molar refractivity (Wildman–Crippen MR) is 49.5 cm³/mol. The summed E-state index contributed by atoms with van der Waals surface area (Å²) in [5, 5.41) is 5.40. The second-order valence-corrected chi connectivity index (χ2v) is 2.73. The number of rotatable bonds is 1. The molecule has 0 fully saturated rings. The van der Waals surface area contributed by atoms with Crippen LogP contribution in [0.3, 0.4) is 0 Å². The van der Waals surface area contributed by atoms with Crippen molar-refractivity contribution >= 4 is 11.7 Å². The lowest BCUT2D eigenvalue weighted by Crippen LogP contribution is -2.28. The summed E-state index contributed by atoms with van der Waals surface area (Å²) in [7, 11) is 0. The fourth-order valence-electron chi connectivity index (χ4n) is 1.13. The van der Waals surface area contributed by atoms with Crippen LogP contribution in [0.25, 0.3) is 0 Å². The van der Waals surface area contributed by atoms with Gasteiger partial charge in [-0.3, -0.25) is 0 Å². The van der Waals surface area contributed by atoms with E-state index in [-0.39, 0.29) is 6.02 Å². The van der Waals surface area contributed by atoms with Crippen molar-refractivity contribution in [3.63, 3.8) is 0 Å². The van der Waals surface area contributed by atoms with E-state index in [9.17, 15) is 0 Å². The number of aryl methyl sites for hydroxylation is 1. The van der Waals surface area contributed by atoms with Gasteiger partial charge in [-0.05, 0) is 24.1 Å². The number of nitrogens with one attached hydrogen (secondary N) is 1. The van der Waals surface area contributed by atoms with Crippen LogP contribution in [-0.2, 0) is 4.84 Å². The minimum atomic E-state index is 0.114. The summed E-state index contributed by atoms with van der Waals surface area (Å²) in [6.07, 6.45) is 0. The molecule has 0 saturated carbocycles. The zero-order valence-electron chi connectivity index (χ0n) is 7.19. The maximum atomic E-state index is 5.34. The normalized spacial score (nSPS) is 15.5. The zero-order valence-corrected chi connectivity index (χ0v) is 7.19. The molecule has 0 spiro atoms.